The van der Waals surface area contributed by atoms with Crippen LogP contribution in [0.1, 0.15) is 42.0 Å². The number of benzene rings is 1. The van der Waals surface area contributed by atoms with E-state index in [-0.39, 0.29) is 5.75 Å². The van der Waals surface area contributed by atoms with Crippen LogP contribution in [-0.4, -0.2) is 25.2 Å². The van der Waals surface area contributed by atoms with E-state index in [0.717, 1.165) is 29.7 Å². The number of aryl methyl sites for hydroxylation is 4. The molecular formula is C18H24N2O4S. The molecule has 0 radical (unpaired) electrons. The second-order valence-corrected chi connectivity index (χ2v) is 8.11. The Morgan fingerprint density at radius 2 is 1.76 bits per heavy atom. The number of anilines is 1. The molecule has 1 N–H and O–H groups in total. The number of rotatable bonds is 7. The van der Waals surface area contributed by atoms with Crippen LogP contribution in [0, 0.1) is 13.8 Å². The number of hydrogen-bond donors (Lipinski definition) is 1. The lowest BCUT2D eigenvalue weighted by molar-refractivity contribution is -0.113. The molecule has 1 amide bonds. The molecule has 0 aliphatic heterocycles. The van der Waals surface area contributed by atoms with Gasteiger partial charge in [0.1, 0.15) is 11.5 Å². The van der Waals surface area contributed by atoms with E-state index in [1.54, 1.807) is 13.8 Å². The van der Waals surface area contributed by atoms with Crippen LogP contribution in [0.3, 0.4) is 0 Å². The van der Waals surface area contributed by atoms with Gasteiger partial charge in [-0.25, -0.2) is 8.42 Å². The standard InChI is InChI=1S/C18H24N2O4S/c1-5-14-8-7-9-15(6-2)18(14)19-17(21)11-25(22,23)10-16-12(3)20-24-13(16)4/h7-9H,5-6,10-11H2,1-4H3,(H,19,21). The lowest BCUT2D eigenvalue weighted by Gasteiger charge is -2.14. The number of sulfone groups is 1. The van der Waals surface area contributed by atoms with Gasteiger partial charge in [0.2, 0.25) is 5.91 Å². The maximum absolute atomic E-state index is 12.4. The minimum atomic E-state index is -3.62. The van der Waals surface area contributed by atoms with E-state index >= 15 is 0 Å². The third-order valence-corrected chi connectivity index (χ3v) is 5.59. The summed E-state index contributed by atoms with van der Waals surface area (Å²) in [6.45, 7) is 7.35. The summed E-state index contributed by atoms with van der Waals surface area (Å²) in [6.07, 6.45) is 1.52. The van der Waals surface area contributed by atoms with Crippen LogP contribution in [0.4, 0.5) is 5.69 Å². The van der Waals surface area contributed by atoms with Crippen molar-refractivity contribution in [2.24, 2.45) is 0 Å². The number of amides is 1. The van der Waals surface area contributed by atoms with Crippen molar-refractivity contribution < 1.29 is 17.7 Å². The lowest BCUT2D eigenvalue weighted by Crippen LogP contribution is -2.25. The second-order valence-electron chi connectivity index (χ2n) is 6.04. The van der Waals surface area contributed by atoms with Crippen molar-refractivity contribution in [1.29, 1.82) is 0 Å². The molecule has 25 heavy (non-hydrogen) atoms. The molecule has 1 aromatic carbocycles. The van der Waals surface area contributed by atoms with E-state index in [9.17, 15) is 13.2 Å². The van der Waals surface area contributed by atoms with Gasteiger partial charge in [0.05, 0.1) is 11.4 Å². The fraction of sp³-hybridized carbons (Fsp3) is 0.444. The Morgan fingerprint density at radius 1 is 1.16 bits per heavy atom. The smallest absolute Gasteiger partial charge is 0.239 e. The summed E-state index contributed by atoms with van der Waals surface area (Å²) in [5.41, 5.74) is 3.78. The average molecular weight is 364 g/mol. The van der Waals surface area contributed by atoms with Crippen molar-refractivity contribution in [1.82, 2.24) is 5.16 Å². The summed E-state index contributed by atoms with van der Waals surface area (Å²) in [6, 6.07) is 5.82. The Labute approximate surface area is 148 Å². The number of aromatic nitrogens is 1. The highest BCUT2D eigenvalue weighted by atomic mass is 32.2. The largest absolute Gasteiger partial charge is 0.361 e. The Balaban J connectivity index is 2.15. The molecule has 7 heteroatoms. The number of nitrogens with zero attached hydrogens (tertiary/aromatic N) is 1. The second kappa shape index (κ2) is 7.82. The first-order valence-corrected chi connectivity index (χ1v) is 10.1. The Morgan fingerprint density at radius 3 is 2.24 bits per heavy atom. The predicted octanol–water partition coefficient (Wildman–Crippen LogP) is 2.97. The third-order valence-electron chi connectivity index (χ3n) is 4.16. The zero-order chi connectivity index (χ0) is 18.6. The molecule has 0 saturated carbocycles. The van der Waals surface area contributed by atoms with Crippen molar-refractivity contribution in [3.8, 4) is 0 Å². The topological polar surface area (TPSA) is 89.3 Å². The molecule has 2 aromatic rings. The highest BCUT2D eigenvalue weighted by Crippen LogP contribution is 2.23. The van der Waals surface area contributed by atoms with Gasteiger partial charge in [-0.15, -0.1) is 0 Å². The molecule has 0 spiro atoms. The van der Waals surface area contributed by atoms with Gasteiger partial charge in [0.25, 0.3) is 0 Å². The fourth-order valence-electron chi connectivity index (χ4n) is 2.76. The summed E-state index contributed by atoms with van der Waals surface area (Å²) >= 11 is 0. The van der Waals surface area contributed by atoms with E-state index in [1.807, 2.05) is 32.0 Å². The molecule has 0 aliphatic carbocycles. The summed E-state index contributed by atoms with van der Waals surface area (Å²) in [4.78, 5) is 12.3. The van der Waals surface area contributed by atoms with Gasteiger partial charge in [-0.05, 0) is 37.8 Å². The SMILES string of the molecule is CCc1cccc(CC)c1NC(=O)CS(=O)(=O)Cc1c(C)noc1C. The highest BCUT2D eigenvalue weighted by Gasteiger charge is 2.22. The van der Waals surface area contributed by atoms with Crippen molar-refractivity contribution >= 4 is 21.4 Å². The van der Waals surface area contributed by atoms with Gasteiger partial charge >= 0.3 is 0 Å². The van der Waals surface area contributed by atoms with Crippen LogP contribution < -0.4 is 5.32 Å². The van der Waals surface area contributed by atoms with Crippen LogP contribution >= 0.6 is 0 Å². The Hall–Kier alpha value is -2.15. The first-order valence-electron chi connectivity index (χ1n) is 8.30. The summed E-state index contributed by atoms with van der Waals surface area (Å²) < 4.78 is 29.8. The van der Waals surface area contributed by atoms with Gasteiger partial charge in [0.15, 0.2) is 9.84 Å². The first-order chi connectivity index (χ1) is 11.8. The van der Waals surface area contributed by atoms with Crippen molar-refractivity contribution in [3.05, 3.63) is 46.3 Å². The van der Waals surface area contributed by atoms with Gasteiger partial charge in [-0.3, -0.25) is 4.79 Å². The Kier molecular flexibility index (Phi) is 6.00. The third kappa shape index (κ3) is 4.69. The number of hydrogen-bond acceptors (Lipinski definition) is 5. The van der Waals surface area contributed by atoms with Crippen molar-refractivity contribution in [2.75, 3.05) is 11.1 Å². The average Bonchev–Trinajstić information content (AvgIpc) is 2.85. The molecule has 0 saturated heterocycles. The van der Waals surface area contributed by atoms with Crippen molar-refractivity contribution in [3.63, 3.8) is 0 Å². The van der Waals surface area contributed by atoms with E-state index in [4.69, 9.17) is 4.52 Å². The molecule has 1 aromatic heterocycles. The maximum atomic E-state index is 12.4. The number of carbonyl (C=O) groups is 1. The number of nitrogens with one attached hydrogen (secondary N) is 1. The molecule has 0 unspecified atom stereocenters. The molecule has 2 rings (SSSR count). The van der Waals surface area contributed by atoms with E-state index < -0.39 is 21.5 Å². The monoisotopic (exact) mass is 364 g/mol. The van der Waals surface area contributed by atoms with E-state index in [2.05, 4.69) is 10.5 Å². The van der Waals surface area contributed by atoms with Crippen LogP contribution in [-0.2, 0) is 33.2 Å². The van der Waals surface area contributed by atoms with Crippen LogP contribution in [0.2, 0.25) is 0 Å². The summed E-state index contributed by atoms with van der Waals surface area (Å²) in [5.74, 6) is -0.885. The molecule has 1 heterocycles. The van der Waals surface area contributed by atoms with E-state index in [0.29, 0.717) is 17.0 Å². The van der Waals surface area contributed by atoms with E-state index in [1.165, 1.54) is 0 Å². The molecule has 0 aliphatic rings. The summed E-state index contributed by atoms with van der Waals surface area (Å²) in [7, 11) is -3.62. The molecule has 6 nitrogen and oxygen atoms in total. The fourth-order valence-corrected chi connectivity index (χ4v) is 4.18. The van der Waals surface area contributed by atoms with Crippen molar-refractivity contribution in [2.45, 2.75) is 46.3 Å². The van der Waals surface area contributed by atoms with Gasteiger partial charge < -0.3 is 9.84 Å². The van der Waals surface area contributed by atoms with Crippen LogP contribution in [0.15, 0.2) is 22.7 Å². The first kappa shape index (κ1) is 19.2. The molecule has 0 fully saturated rings. The zero-order valence-electron chi connectivity index (χ0n) is 15.0. The highest BCUT2D eigenvalue weighted by molar-refractivity contribution is 7.91. The number of carbonyl (C=O) groups excluding carboxylic acids is 1. The normalized spacial score (nSPS) is 11.5. The number of para-hydroxylation sites is 1. The van der Waals surface area contributed by atoms with Crippen LogP contribution in [0.5, 0.6) is 0 Å². The molecule has 136 valence electrons. The maximum Gasteiger partial charge on any atom is 0.239 e. The quantitative estimate of drug-likeness (QED) is 0.816. The molecule has 0 atom stereocenters. The lowest BCUT2D eigenvalue weighted by atomic mass is 10.0. The molecule has 0 bridgehead atoms. The van der Waals surface area contributed by atoms with Gasteiger partial charge in [-0.2, -0.15) is 0 Å². The molecular weight excluding hydrogens is 340 g/mol. The Bertz CT molecular complexity index is 827. The minimum Gasteiger partial charge on any atom is -0.361 e. The summed E-state index contributed by atoms with van der Waals surface area (Å²) in [5, 5.41) is 6.54. The van der Waals surface area contributed by atoms with Crippen LogP contribution in [0.25, 0.3) is 0 Å². The minimum absolute atomic E-state index is 0.252. The van der Waals surface area contributed by atoms with Gasteiger partial charge in [-0.1, -0.05) is 37.2 Å². The van der Waals surface area contributed by atoms with Gasteiger partial charge in [0, 0.05) is 11.3 Å². The predicted molar refractivity (Wildman–Crippen MR) is 97.3 cm³/mol. The zero-order valence-corrected chi connectivity index (χ0v) is 15.9.